The van der Waals surface area contributed by atoms with E-state index < -0.39 is 0 Å². The summed E-state index contributed by atoms with van der Waals surface area (Å²) in [5.41, 5.74) is 1.68. The first-order valence-corrected chi connectivity index (χ1v) is 10.7. The molecule has 1 N–H and O–H groups in total. The van der Waals surface area contributed by atoms with Gasteiger partial charge in [-0.1, -0.05) is 18.9 Å². The average Bonchev–Trinajstić information content (AvgIpc) is 3.24. The fraction of sp³-hybridized carbons (Fsp3) is 0.714. The Labute approximate surface area is 156 Å². The number of thioether (sulfide) groups is 1. The predicted molar refractivity (Wildman–Crippen MR) is 104 cm³/mol. The van der Waals surface area contributed by atoms with Gasteiger partial charge in [0.25, 0.3) is 0 Å². The summed E-state index contributed by atoms with van der Waals surface area (Å²) in [6, 6.07) is 7.36. The van der Waals surface area contributed by atoms with Crippen LogP contribution >= 0.6 is 11.8 Å². The maximum absolute atomic E-state index is 10.2. The number of fused-ring (bicyclic) bond motifs is 1. The maximum atomic E-state index is 10.2. The Hall–Kier alpha value is -0.710. The number of aliphatic hydroxyl groups excluding tert-OH is 1. The molecule has 2 aliphatic carbocycles. The number of rotatable bonds is 4. The van der Waals surface area contributed by atoms with Crippen molar-refractivity contribution in [3.8, 4) is 5.75 Å². The van der Waals surface area contributed by atoms with Gasteiger partial charge in [-0.05, 0) is 69.8 Å². The molecule has 2 saturated carbocycles. The van der Waals surface area contributed by atoms with Gasteiger partial charge in [-0.15, -0.1) is 11.8 Å². The molecule has 0 unspecified atom stereocenters. The minimum atomic E-state index is -0.135. The number of nitrogens with zero attached hydrogens (tertiary/aromatic N) is 1. The summed E-state index contributed by atoms with van der Waals surface area (Å²) >= 11 is 2.02. The second-order valence-electron chi connectivity index (χ2n) is 8.22. The number of ether oxygens (including phenoxy) is 1. The highest BCUT2D eigenvalue weighted by Crippen LogP contribution is 2.50. The zero-order chi connectivity index (χ0) is 17.4. The highest BCUT2D eigenvalue weighted by atomic mass is 32.2. The number of likely N-dealkylation sites (tertiary alicyclic amines) is 1. The number of aliphatic hydroxyl groups is 1. The molecule has 1 saturated heterocycles. The molecule has 1 aromatic rings. The first kappa shape index (κ1) is 17.7. The van der Waals surface area contributed by atoms with Crippen molar-refractivity contribution in [2.75, 3.05) is 20.7 Å². The maximum Gasteiger partial charge on any atom is 0.132 e. The summed E-state index contributed by atoms with van der Waals surface area (Å²) < 4.78 is 5.67. The highest BCUT2D eigenvalue weighted by Gasteiger charge is 2.50. The van der Waals surface area contributed by atoms with E-state index in [-0.39, 0.29) is 11.5 Å². The zero-order valence-electron chi connectivity index (χ0n) is 15.5. The lowest BCUT2D eigenvalue weighted by Crippen LogP contribution is -2.47. The molecule has 0 bridgehead atoms. The lowest BCUT2D eigenvalue weighted by atomic mass is 9.65. The van der Waals surface area contributed by atoms with Gasteiger partial charge >= 0.3 is 0 Å². The molecule has 1 heterocycles. The first-order chi connectivity index (χ1) is 12.1. The number of methoxy groups -OCH3 is 1. The lowest BCUT2D eigenvalue weighted by Gasteiger charge is -2.43. The number of likely N-dealkylation sites (N-methyl/N-ethyl adjacent to an activating group) is 1. The van der Waals surface area contributed by atoms with Gasteiger partial charge in [0.1, 0.15) is 5.75 Å². The molecule has 1 aliphatic heterocycles. The van der Waals surface area contributed by atoms with E-state index >= 15 is 0 Å². The van der Waals surface area contributed by atoms with Gasteiger partial charge in [-0.2, -0.15) is 0 Å². The van der Waals surface area contributed by atoms with Crippen LogP contribution in [0.3, 0.4) is 0 Å². The molecule has 138 valence electrons. The molecule has 4 heteroatoms. The molecular formula is C21H31NO2S. The van der Waals surface area contributed by atoms with Gasteiger partial charge < -0.3 is 14.7 Å². The molecule has 3 fully saturated rings. The van der Waals surface area contributed by atoms with E-state index in [1.165, 1.54) is 42.6 Å². The average molecular weight is 362 g/mol. The molecule has 3 atom stereocenters. The second kappa shape index (κ2) is 7.13. The third kappa shape index (κ3) is 3.22. The predicted octanol–water partition coefficient (Wildman–Crippen LogP) is 4.22. The molecule has 0 amide bonds. The summed E-state index contributed by atoms with van der Waals surface area (Å²) in [6.45, 7) is 1.13. The van der Waals surface area contributed by atoms with Crippen LogP contribution < -0.4 is 4.74 Å². The van der Waals surface area contributed by atoms with E-state index in [2.05, 4.69) is 30.1 Å². The van der Waals surface area contributed by atoms with Crippen LogP contribution in [-0.4, -0.2) is 48.1 Å². The Kier molecular flexibility index (Phi) is 5.04. The molecule has 25 heavy (non-hydrogen) atoms. The minimum Gasteiger partial charge on any atom is -0.496 e. The number of hydrogen-bond donors (Lipinski definition) is 1. The largest absolute Gasteiger partial charge is 0.496 e. The third-order valence-corrected chi connectivity index (χ3v) is 8.21. The van der Waals surface area contributed by atoms with Crippen molar-refractivity contribution in [1.29, 1.82) is 0 Å². The number of benzene rings is 1. The fourth-order valence-corrected chi connectivity index (χ4v) is 6.75. The van der Waals surface area contributed by atoms with Gasteiger partial charge in [0.2, 0.25) is 0 Å². The van der Waals surface area contributed by atoms with Crippen LogP contribution in [0.25, 0.3) is 0 Å². The summed E-state index contributed by atoms with van der Waals surface area (Å²) in [6.07, 6.45) is 9.42. The Morgan fingerprint density at radius 3 is 2.76 bits per heavy atom. The quantitative estimate of drug-likeness (QED) is 0.870. The number of hydrogen-bond acceptors (Lipinski definition) is 4. The van der Waals surface area contributed by atoms with Crippen molar-refractivity contribution in [3.63, 3.8) is 0 Å². The summed E-state index contributed by atoms with van der Waals surface area (Å²) in [4.78, 5) is 3.79. The molecule has 3 nitrogen and oxygen atoms in total. The van der Waals surface area contributed by atoms with Crippen LogP contribution in [0.5, 0.6) is 5.75 Å². The van der Waals surface area contributed by atoms with E-state index in [0.717, 1.165) is 36.8 Å². The van der Waals surface area contributed by atoms with Gasteiger partial charge in [-0.25, -0.2) is 0 Å². The van der Waals surface area contributed by atoms with Crippen LogP contribution in [0.1, 0.15) is 56.9 Å². The van der Waals surface area contributed by atoms with Crippen molar-refractivity contribution in [1.82, 2.24) is 4.90 Å². The van der Waals surface area contributed by atoms with Crippen molar-refractivity contribution in [2.24, 2.45) is 0 Å². The Morgan fingerprint density at radius 2 is 2.00 bits per heavy atom. The normalized spacial score (nSPS) is 33.6. The van der Waals surface area contributed by atoms with Crippen LogP contribution in [0.4, 0.5) is 0 Å². The van der Waals surface area contributed by atoms with Gasteiger partial charge in [0, 0.05) is 21.6 Å². The smallest absolute Gasteiger partial charge is 0.132 e. The highest BCUT2D eigenvalue weighted by molar-refractivity contribution is 8.00. The molecule has 0 radical (unpaired) electrons. The van der Waals surface area contributed by atoms with Crippen molar-refractivity contribution < 1.29 is 9.84 Å². The Balaban J connectivity index is 1.67. The molecule has 4 rings (SSSR count). The molecule has 0 aromatic heterocycles. The lowest BCUT2D eigenvalue weighted by molar-refractivity contribution is 0.0566. The van der Waals surface area contributed by atoms with Gasteiger partial charge in [-0.3, -0.25) is 0 Å². The minimum absolute atomic E-state index is 0.135. The van der Waals surface area contributed by atoms with E-state index in [1.807, 2.05) is 11.8 Å². The topological polar surface area (TPSA) is 32.7 Å². The third-order valence-electron chi connectivity index (χ3n) is 6.83. The van der Waals surface area contributed by atoms with E-state index in [4.69, 9.17) is 4.74 Å². The van der Waals surface area contributed by atoms with Crippen molar-refractivity contribution in [2.45, 2.75) is 79.1 Å². The second-order valence-corrected chi connectivity index (χ2v) is 9.56. The fourth-order valence-electron chi connectivity index (χ4n) is 5.36. The van der Waals surface area contributed by atoms with E-state index in [9.17, 15) is 5.11 Å². The zero-order valence-corrected chi connectivity index (χ0v) is 16.4. The van der Waals surface area contributed by atoms with Crippen LogP contribution in [-0.2, 0) is 5.41 Å². The van der Waals surface area contributed by atoms with Crippen molar-refractivity contribution in [3.05, 3.63) is 23.8 Å². The molecule has 1 aromatic carbocycles. The first-order valence-electron chi connectivity index (χ1n) is 9.86. The van der Waals surface area contributed by atoms with Crippen molar-refractivity contribution >= 4 is 11.8 Å². The summed E-state index contributed by atoms with van der Waals surface area (Å²) in [5.74, 6) is 1.02. The van der Waals surface area contributed by atoms with E-state index in [0.29, 0.717) is 6.04 Å². The standard InChI is InChI=1S/C21H31NO2S/c1-22-12-11-21(10-9-16(23)14-20(21)22)15-7-8-18(24-2)19(13-15)25-17-5-3-4-6-17/h7-8,13,16-17,20,23H,3-6,9-12,14H2,1-2H3/t16-,20+,21+/m1/s1. The molecule has 0 spiro atoms. The van der Waals surface area contributed by atoms with E-state index in [1.54, 1.807) is 7.11 Å². The van der Waals surface area contributed by atoms with Gasteiger partial charge in [0.05, 0.1) is 13.2 Å². The van der Waals surface area contributed by atoms with Crippen LogP contribution in [0, 0.1) is 0 Å². The van der Waals surface area contributed by atoms with Gasteiger partial charge in [0.15, 0.2) is 0 Å². The van der Waals surface area contributed by atoms with Crippen LogP contribution in [0.2, 0.25) is 0 Å². The monoisotopic (exact) mass is 361 g/mol. The van der Waals surface area contributed by atoms with Crippen LogP contribution in [0.15, 0.2) is 23.1 Å². The molecular weight excluding hydrogens is 330 g/mol. The molecule has 3 aliphatic rings. The summed E-state index contributed by atoms with van der Waals surface area (Å²) in [7, 11) is 4.01. The Bertz CT molecular complexity index is 616. The SMILES string of the molecule is COc1ccc([C@@]23CC[C@@H](O)C[C@@H]2N(C)CC3)cc1SC1CCCC1. The summed E-state index contributed by atoms with van der Waals surface area (Å²) in [5, 5.41) is 11.0. The Morgan fingerprint density at radius 1 is 1.20 bits per heavy atom.